The summed E-state index contributed by atoms with van der Waals surface area (Å²) in [6.45, 7) is 9.73. The Bertz CT molecular complexity index is 1530. The van der Waals surface area contributed by atoms with E-state index in [-0.39, 0.29) is 37.2 Å². The highest BCUT2D eigenvalue weighted by Gasteiger charge is 2.21. The van der Waals surface area contributed by atoms with Gasteiger partial charge in [-0.1, -0.05) is 60.7 Å². The van der Waals surface area contributed by atoms with Crippen LogP contribution in [-0.2, 0) is 75.0 Å². The van der Waals surface area contributed by atoms with Gasteiger partial charge in [0.15, 0.2) is 0 Å². The molecular weight excluding hydrogens is 861 g/mol. The fourth-order valence-electron chi connectivity index (χ4n) is 5.52. The molecule has 0 saturated carbocycles. The average Bonchev–Trinajstić information content (AvgIpc) is 3.32. The van der Waals surface area contributed by atoms with E-state index in [1.54, 1.807) is 0 Å². The molecule has 1 atom stereocenters. The predicted octanol–water partition coefficient (Wildman–Crippen LogP) is 3.89. The fraction of sp³-hybridized carbons (Fsp3) is 0.638. The summed E-state index contributed by atoms with van der Waals surface area (Å²) in [7, 11) is 0. The predicted molar refractivity (Wildman–Crippen MR) is 244 cm³/mol. The second-order valence-electron chi connectivity index (χ2n) is 14.7. The molecule has 0 fully saturated rings. The lowest BCUT2D eigenvalue weighted by Gasteiger charge is -2.18. The second-order valence-corrected chi connectivity index (χ2v) is 14.7. The van der Waals surface area contributed by atoms with E-state index in [2.05, 4.69) is 21.3 Å². The average molecular weight is 935 g/mol. The Morgan fingerprint density at radius 3 is 1.33 bits per heavy atom. The van der Waals surface area contributed by atoms with Crippen molar-refractivity contribution >= 4 is 29.8 Å². The normalized spacial score (nSPS) is 11.4. The Morgan fingerprint density at radius 1 is 0.439 bits per heavy atom. The van der Waals surface area contributed by atoms with Crippen molar-refractivity contribution in [3.63, 3.8) is 0 Å². The highest BCUT2D eigenvalue weighted by Crippen LogP contribution is 2.06. The molecule has 0 aromatic heterocycles. The Kier molecular flexibility index (Phi) is 36.2. The third-order valence-corrected chi connectivity index (χ3v) is 9.08. The minimum absolute atomic E-state index is 0.0736. The molecule has 2 aromatic rings. The SMILES string of the molecule is CC(=O)CCOCCOCCOCCOCCOCCC(=O)NCCCOCCOCCOCCCNC(=O)[C@H](CCCCNC(=O)OCc1ccccc1)NC(=O)OCc1ccccc1. The molecule has 19 heteroatoms. The summed E-state index contributed by atoms with van der Waals surface area (Å²) < 4.78 is 54.3. The van der Waals surface area contributed by atoms with Crippen molar-refractivity contribution in [2.45, 2.75) is 71.1 Å². The number of unbranched alkanes of at least 4 members (excludes halogenated alkanes) is 1. The smallest absolute Gasteiger partial charge is 0.408 e. The standard InChI is InChI=1S/C47H74N4O15/c1-40(52)17-24-59-28-32-62-34-36-64-37-35-63-33-29-60-25-18-44(53)48-20-10-22-57-26-30-61-31-27-58-23-11-21-49-45(54)43(51-47(56)66-39-42-14-6-3-7-15-42)16-8-9-19-50-46(55)65-38-41-12-4-2-5-13-41/h2-7,12-15,43H,8-11,16-39H2,1H3,(H,48,53)(H,49,54)(H,50,55)(H,51,56)/t43-/m0/s1. The van der Waals surface area contributed by atoms with Crippen LogP contribution in [0.4, 0.5) is 9.59 Å². The topological polar surface area (TPSA) is 226 Å². The van der Waals surface area contributed by atoms with Crippen molar-refractivity contribution in [3.05, 3.63) is 71.8 Å². The third kappa shape index (κ3) is 35.5. The summed E-state index contributed by atoms with van der Waals surface area (Å²) in [5.74, 6) is -0.318. The first-order valence-electron chi connectivity index (χ1n) is 22.9. The van der Waals surface area contributed by atoms with Gasteiger partial charge in [0.05, 0.1) is 92.5 Å². The van der Waals surface area contributed by atoms with Crippen LogP contribution in [0.25, 0.3) is 0 Å². The number of carbonyl (C=O) groups excluding carboxylic acids is 5. The van der Waals surface area contributed by atoms with Crippen molar-refractivity contribution in [1.29, 1.82) is 0 Å². The van der Waals surface area contributed by atoms with E-state index in [1.165, 1.54) is 6.92 Å². The number of ketones is 1. The first kappa shape index (κ1) is 57.4. The van der Waals surface area contributed by atoms with Crippen LogP contribution in [0.1, 0.15) is 63.0 Å². The lowest BCUT2D eigenvalue weighted by atomic mass is 10.1. The largest absolute Gasteiger partial charge is 0.445 e. The second kappa shape index (κ2) is 41.7. The molecule has 2 aromatic carbocycles. The summed E-state index contributed by atoms with van der Waals surface area (Å²) in [4.78, 5) is 60.5. The van der Waals surface area contributed by atoms with Crippen LogP contribution in [0.5, 0.6) is 0 Å². The van der Waals surface area contributed by atoms with Gasteiger partial charge in [-0.3, -0.25) is 14.4 Å². The van der Waals surface area contributed by atoms with Gasteiger partial charge in [-0.25, -0.2) is 9.59 Å². The molecule has 0 aliphatic carbocycles. The van der Waals surface area contributed by atoms with Gasteiger partial charge in [0, 0.05) is 45.7 Å². The maximum atomic E-state index is 13.1. The van der Waals surface area contributed by atoms with Gasteiger partial charge in [0.25, 0.3) is 0 Å². The summed E-state index contributed by atoms with van der Waals surface area (Å²) >= 11 is 0. The first-order valence-corrected chi connectivity index (χ1v) is 22.9. The van der Waals surface area contributed by atoms with Gasteiger partial charge in [0.2, 0.25) is 11.8 Å². The Morgan fingerprint density at radius 2 is 0.848 bits per heavy atom. The van der Waals surface area contributed by atoms with Crippen molar-refractivity contribution in [1.82, 2.24) is 21.3 Å². The molecule has 0 aliphatic rings. The van der Waals surface area contributed by atoms with Crippen LogP contribution in [0.3, 0.4) is 0 Å². The van der Waals surface area contributed by atoms with Gasteiger partial charge in [0.1, 0.15) is 25.0 Å². The van der Waals surface area contributed by atoms with Crippen LogP contribution < -0.4 is 21.3 Å². The van der Waals surface area contributed by atoms with Crippen LogP contribution in [0.15, 0.2) is 60.7 Å². The molecule has 0 bridgehead atoms. The third-order valence-electron chi connectivity index (χ3n) is 9.08. The summed E-state index contributed by atoms with van der Waals surface area (Å²) in [5, 5.41) is 11.1. The quantitative estimate of drug-likeness (QED) is 0.0693. The molecule has 4 N–H and O–H groups in total. The Hall–Kier alpha value is -4.73. The van der Waals surface area contributed by atoms with E-state index in [4.69, 9.17) is 47.4 Å². The van der Waals surface area contributed by atoms with Crippen LogP contribution in [0, 0.1) is 0 Å². The first-order chi connectivity index (χ1) is 32.3. The summed E-state index contributed by atoms with van der Waals surface area (Å²) in [6.07, 6.45) is 2.17. The van der Waals surface area contributed by atoms with Gasteiger partial charge < -0.3 is 68.6 Å². The number of ether oxygens (including phenoxy) is 10. The van der Waals surface area contributed by atoms with Crippen molar-refractivity contribution < 1.29 is 71.3 Å². The van der Waals surface area contributed by atoms with Gasteiger partial charge >= 0.3 is 12.2 Å². The van der Waals surface area contributed by atoms with Crippen LogP contribution in [0.2, 0.25) is 0 Å². The number of hydrogen-bond acceptors (Lipinski definition) is 15. The fourth-order valence-corrected chi connectivity index (χ4v) is 5.52. The van der Waals surface area contributed by atoms with E-state index < -0.39 is 18.2 Å². The van der Waals surface area contributed by atoms with E-state index >= 15 is 0 Å². The minimum Gasteiger partial charge on any atom is -0.445 e. The van der Waals surface area contributed by atoms with E-state index in [0.29, 0.717) is 164 Å². The lowest BCUT2D eigenvalue weighted by Crippen LogP contribution is -2.47. The summed E-state index contributed by atoms with van der Waals surface area (Å²) in [5.41, 5.74) is 1.71. The summed E-state index contributed by atoms with van der Waals surface area (Å²) in [6, 6.07) is 17.8. The Balaban J connectivity index is 1.39. The molecular formula is C47H74N4O15. The molecule has 372 valence electrons. The van der Waals surface area contributed by atoms with Crippen LogP contribution in [-0.4, -0.2) is 161 Å². The molecule has 0 heterocycles. The number of benzene rings is 2. The number of alkyl carbamates (subject to hydrolysis) is 2. The number of carbonyl (C=O) groups is 5. The Labute approximate surface area is 389 Å². The molecule has 0 radical (unpaired) electrons. The molecule has 0 spiro atoms. The maximum Gasteiger partial charge on any atom is 0.408 e. The minimum atomic E-state index is -0.823. The number of hydrogen-bond donors (Lipinski definition) is 4. The van der Waals surface area contributed by atoms with Crippen LogP contribution >= 0.6 is 0 Å². The molecule has 0 aliphatic heterocycles. The van der Waals surface area contributed by atoms with E-state index in [9.17, 15) is 24.0 Å². The molecule has 2 rings (SSSR count). The zero-order valence-electron chi connectivity index (χ0n) is 38.8. The van der Waals surface area contributed by atoms with E-state index in [0.717, 1.165) is 11.1 Å². The monoisotopic (exact) mass is 935 g/mol. The molecule has 0 saturated heterocycles. The number of amides is 4. The highest BCUT2D eigenvalue weighted by atomic mass is 16.6. The highest BCUT2D eigenvalue weighted by molar-refractivity contribution is 5.85. The molecule has 0 unspecified atom stereocenters. The van der Waals surface area contributed by atoms with Gasteiger partial charge in [-0.2, -0.15) is 0 Å². The molecule has 66 heavy (non-hydrogen) atoms. The molecule has 4 amide bonds. The molecule has 19 nitrogen and oxygen atoms in total. The maximum absolute atomic E-state index is 13.1. The van der Waals surface area contributed by atoms with E-state index in [1.807, 2.05) is 60.7 Å². The van der Waals surface area contributed by atoms with Gasteiger partial charge in [-0.15, -0.1) is 0 Å². The number of nitrogens with one attached hydrogen (secondary N) is 4. The van der Waals surface area contributed by atoms with Crippen molar-refractivity contribution in [2.24, 2.45) is 0 Å². The number of Topliss-reactive ketones (excluding diaryl/α,β-unsaturated/α-hetero) is 1. The lowest BCUT2D eigenvalue weighted by molar-refractivity contribution is -0.123. The number of rotatable bonds is 43. The zero-order chi connectivity index (χ0) is 47.4. The zero-order valence-corrected chi connectivity index (χ0v) is 38.8. The van der Waals surface area contributed by atoms with Gasteiger partial charge in [-0.05, 0) is 50.2 Å². The van der Waals surface area contributed by atoms with Crippen molar-refractivity contribution in [2.75, 3.05) is 125 Å². The van der Waals surface area contributed by atoms with Crippen molar-refractivity contribution in [3.8, 4) is 0 Å².